The molecule has 2 rings (SSSR count). The van der Waals surface area contributed by atoms with Crippen LogP contribution in [-0.2, 0) is 11.8 Å². The summed E-state index contributed by atoms with van der Waals surface area (Å²) in [5, 5.41) is 8.81. The highest BCUT2D eigenvalue weighted by Crippen LogP contribution is 2.17. The van der Waals surface area contributed by atoms with Crippen molar-refractivity contribution in [2.24, 2.45) is 7.05 Å². The van der Waals surface area contributed by atoms with Crippen LogP contribution < -0.4 is 0 Å². The maximum Gasteiger partial charge on any atom is 0.355 e. The number of hydrogen-bond acceptors (Lipinski definition) is 4. The molecule has 1 atom stereocenters. The number of likely N-dealkylation sites (tertiary alicyclic amines) is 1. The molecule has 5 heteroatoms. The summed E-state index contributed by atoms with van der Waals surface area (Å²) in [5.74, 6) is 2.22. The lowest BCUT2D eigenvalue weighted by Gasteiger charge is -2.21. The van der Waals surface area contributed by atoms with Crippen LogP contribution in [0.25, 0.3) is 0 Å². The van der Waals surface area contributed by atoms with Gasteiger partial charge < -0.3 is 9.30 Å². The maximum atomic E-state index is 12.0. The van der Waals surface area contributed by atoms with Gasteiger partial charge >= 0.3 is 5.97 Å². The second kappa shape index (κ2) is 6.27. The van der Waals surface area contributed by atoms with Crippen molar-refractivity contribution in [2.75, 3.05) is 19.7 Å². The van der Waals surface area contributed by atoms with Crippen molar-refractivity contribution in [2.45, 2.75) is 18.9 Å². The van der Waals surface area contributed by atoms with E-state index in [1.165, 1.54) is 6.07 Å². The lowest BCUT2D eigenvalue weighted by atomic mass is 10.2. The topological polar surface area (TPSA) is 58.3 Å². The molecule has 0 spiro atoms. The number of ether oxygens (including phenoxy) is 1. The highest BCUT2D eigenvalue weighted by Gasteiger charge is 2.25. The minimum Gasteiger partial charge on any atom is -0.459 e. The van der Waals surface area contributed by atoms with Crippen molar-refractivity contribution in [3.8, 4) is 18.4 Å². The Labute approximate surface area is 118 Å². The standard InChI is InChI=1S/C15H17N3O2/c1-3-6-18-7-4-5-13(18)11-20-15(19)14-8-12(9-16)10-17(14)2/h1,8,10,13H,4-7,11H2,2H3/t13-/m1/s1. The minimum atomic E-state index is -0.401. The highest BCUT2D eigenvalue weighted by atomic mass is 16.5. The van der Waals surface area contributed by atoms with Gasteiger partial charge in [-0.1, -0.05) is 5.92 Å². The van der Waals surface area contributed by atoms with Crippen molar-refractivity contribution < 1.29 is 9.53 Å². The van der Waals surface area contributed by atoms with Gasteiger partial charge in [-0.25, -0.2) is 4.79 Å². The molecule has 104 valence electrons. The Morgan fingerprint density at radius 2 is 2.45 bits per heavy atom. The monoisotopic (exact) mass is 271 g/mol. The van der Waals surface area contributed by atoms with Crippen LogP contribution in [0.2, 0.25) is 0 Å². The van der Waals surface area contributed by atoms with Gasteiger partial charge in [0, 0.05) is 19.3 Å². The number of esters is 1. The van der Waals surface area contributed by atoms with Crippen LogP contribution >= 0.6 is 0 Å². The van der Waals surface area contributed by atoms with E-state index in [4.69, 9.17) is 16.4 Å². The van der Waals surface area contributed by atoms with Gasteiger partial charge in [-0.05, 0) is 25.5 Å². The molecular weight excluding hydrogens is 254 g/mol. The van der Waals surface area contributed by atoms with Gasteiger partial charge in [-0.2, -0.15) is 5.26 Å². The minimum absolute atomic E-state index is 0.200. The van der Waals surface area contributed by atoms with Crippen molar-refractivity contribution >= 4 is 5.97 Å². The molecule has 0 N–H and O–H groups in total. The van der Waals surface area contributed by atoms with Gasteiger partial charge in [-0.3, -0.25) is 4.90 Å². The summed E-state index contributed by atoms with van der Waals surface area (Å²) in [6, 6.07) is 3.74. The van der Waals surface area contributed by atoms with Crippen molar-refractivity contribution in [1.82, 2.24) is 9.47 Å². The fourth-order valence-corrected chi connectivity index (χ4v) is 2.48. The number of aryl methyl sites for hydroxylation is 1. The quantitative estimate of drug-likeness (QED) is 0.609. The van der Waals surface area contributed by atoms with Crippen molar-refractivity contribution in [3.63, 3.8) is 0 Å². The first-order chi connectivity index (χ1) is 9.65. The molecule has 2 heterocycles. The first kappa shape index (κ1) is 14.2. The van der Waals surface area contributed by atoms with Gasteiger partial charge in [0.05, 0.1) is 12.1 Å². The SMILES string of the molecule is C#CCN1CCC[C@@H]1COC(=O)c1cc(C#N)cn1C. The first-order valence-electron chi connectivity index (χ1n) is 6.56. The van der Waals surface area contributed by atoms with Crippen LogP contribution in [-0.4, -0.2) is 41.2 Å². The Hall–Kier alpha value is -2.24. The van der Waals surface area contributed by atoms with Crippen LogP contribution in [0, 0.1) is 23.7 Å². The number of hydrogen-bond donors (Lipinski definition) is 0. The number of carbonyl (C=O) groups is 1. The van der Waals surface area contributed by atoms with Gasteiger partial charge in [0.15, 0.2) is 0 Å². The van der Waals surface area contributed by atoms with Crippen LogP contribution in [0.15, 0.2) is 12.3 Å². The molecule has 0 bridgehead atoms. The third-order valence-electron chi connectivity index (χ3n) is 3.54. The van der Waals surface area contributed by atoms with E-state index < -0.39 is 5.97 Å². The number of nitriles is 1. The zero-order chi connectivity index (χ0) is 14.5. The Morgan fingerprint density at radius 1 is 1.65 bits per heavy atom. The Morgan fingerprint density at radius 3 is 3.10 bits per heavy atom. The van der Waals surface area contributed by atoms with Crippen molar-refractivity contribution in [1.29, 1.82) is 5.26 Å². The van der Waals surface area contributed by atoms with E-state index in [1.54, 1.807) is 17.8 Å². The molecular formula is C15H17N3O2. The lowest BCUT2D eigenvalue weighted by Crippen LogP contribution is -2.34. The number of carbonyl (C=O) groups excluding carboxylic acids is 1. The summed E-state index contributed by atoms with van der Waals surface area (Å²) in [4.78, 5) is 14.2. The molecule has 1 saturated heterocycles. The molecule has 0 unspecified atom stereocenters. The first-order valence-corrected chi connectivity index (χ1v) is 6.56. The molecule has 1 aliphatic rings. The zero-order valence-electron chi connectivity index (χ0n) is 11.5. The number of terminal acetylenes is 1. The Balaban J connectivity index is 1.94. The van der Waals surface area contributed by atoms with Gasteiger partial charge in [0.1, 0.15) is 18.4 Å². The third-order valence-corrected chi connectivity index (χ3v) is 3.54. The van der Waals surface area contributed by atoms with E-state index in [-0.39, 0.29) is 6.04 Å². The third kappa shape index (κ3) is 3.01. The van der Waals surface area contributed by atoms with Gasteiger partial charge in [0.25, 0.3) is 0 Å². The summed E-state index contributed by atoms with van der Waals surface area (Å²) in [6.45, 7) is 1.88. The number of rotatable bonds is 4. The fraction of sp³-hybridized carbons (Fsp3) is 0.467. The second-order valence-corrected chi connectivity index (χ2v) is 4.91. The van der Waals surface area contributed by atoms with E-state index in [9.17, 15) is 4.79 Å². The molecule has 0 radical (unpaired) electrons. The maximum absolute atomic E-state index is 12.0. The summed E-state index contributed by atoms with van der Waals surface area (Å²) >= 11 is 0. The van der Waals surface area contributed by atoms with E-state index in [0.717, 1.165) is 19.4 Å². The average molecular weight is 271 g/mol. The van der Waals surface area contributed by atoms with Crippen LogP contribution in [0.5, 0.6) is 0 Å². The van der Waals surface area contributed by atoms with Crippen LogP contribution in [0.4, 0.5) is 0 Å². The number of nitrogens with zero attached hydrogens (tertiary/aromatic N) is 3. The molecule has 1 aromatic rings. The molecule has 5 nitrogen and oxygen atoms in total. The lowest BCUT2D eigenvalue weighted by molar-refractivity contribution is 0.0397. The van der Waals surface area contributed by atoms with Crippen LogP contribution in [0.3, 0.4) is 0 Å². The average Bonchev–Trinajstić information content (AvgIpc) is 3.03. The zero-order valence-corrected chi connectivity index (χ0v) is 11.5. The molecule has 20 heavy (non-hydrogen) atoms. The largest absolute Gasteiger partial charge is 0.459 e. The highest BCUT2D eigenvalue weighted by molar-refractivity contribution is 5.88. The normalized spacial score (nSPS) is 18.4. The molecule has 1 aliphatic heterocycles. The van der Waals surface area contributed by atoms with E-state index in [2.05, 4.69) is 10.8 Å². The van der Waals surface area contributed by atoms with E-state index in [1.807, 2.05) is 6.07 Å². The molecule has 0 aromatic carbocycles. The summed E-state index contributed by atoms with van der Waals surface area (Å²) in [6.07, 6.45) is 9.00. The molecule has 1 aromatic heterocycles. The smallest absolute Gasteiger partial charge is 0.355 e. The Bertz CT molecular complexity index is 577. The molecule has 1 fully saturated rings. The Kier molecular flexibility index (Phi) is 4.45. The molecule has 0 aliphatic carbocycles. The summed E-state index contributed by atoms with van der Waals surface area (Å²) in [7, 11) is 1.72. The predicted molar refractivity (Wildman–Crippen MR) is 73.8 cm³/mol. The predicted octanol–water partition coefficient (Wildman–Crippen LogP) is 1.15. The van der Waals surface area contributed by atoms with Crippen molar-refractivity contribution in [3.05, 3.63) is 23.5 Å². The number of aromatic nitrogens is 1. The second-order valence-electron chi connectivity index (χ2n) is 4.91. The molecule has 0 saturated carbocycles. The fourth-order valence-electron chi connectivity index (χ4n) is 2.48. The van der Waals surface area contributed by atoms with E-state index >= 15 is 0 Å². The summed E-state index contributed by atoms with van der Waals surface area (Å²) in [5.41, 5.74) is 0.845. The summed E-state index contributed by atoms with van der Waals surface area (Å²) < 4.78 is 6.95. The molecule has 0 amide bonds. The van der Waals surface area contributed by atoms with Gasteiger partial charge in [-0.15, -0.1) is 6.42 Å². The van der Waals surface area contributed by atoms with Gasteiger partial charge in [0.2, 0.25) is 0 Å². The van der Waals surface area contributed by atoms with E-state index in [0.29, 0.717) is 24.4 Å². The van der Waals surface area contributed by atoms with Crippen LogP contribution in [0.1, 0.15) is 28.9 Å².